The molecular weight excluding hydrogens is 372 g/mol. The number of amides is 2. The van der Waals surface area contributed by atoms with E-state index in [0.29, 0.717) is 10.7 Å². The smallest absolute Gasteiger partial charge is 0.319 e. The van der Waals surface area contributed by atoms with Crippen molar-refractivity contribution in [3.8, 4) is 0 Å². The van der Waals surface area contributed by atoms with Gasteiger partial charge in [-0.2, -0.15) is 0 Å². The molecular formula is C18H27ClN4O4. The molecule has 2 fully saturated rings. The molecule has 2 amide bonds. The Labute approximate surface area is 164 Å². The van der Waals surface area contributed by atoms with Gasteiger partial charge in [0.15, 0.2) is 0 Å². The van der Waals surface area contributed by atoms with Crippen LogP contribution in [0.25, 0.3) is 0 Å². The summed E-state index contributed by atoms with van der Waals surface area (Å²) in [6, 6.07) is 6.25. The van der Waals surface area contributed by atoms with Crippen LogP contribution in [0.4, 0.5) is 10.5 Å². The number of benzene rings is 1. The summed E-state index contributed by atoms with van der Waals surface area (Å²) in [5, 5.41) is 26.1. The number of piperazine rings is 1. The fourth-order valence-electron chi connectivity index (χ4n) is 3.65. The number of hydrogen-bond donors (Lipinski definition) is 4. The van der Waals surface area contributed by atoms with Crippen LogP contribution in [0.15, 0.2) is 24.3 Å². The van der Waals surface area contributed by atoms with Gasteiger partial charge in [0, 0.05) is 43.4 Å². The molecule has 3 rings (SSSR count). The van der Waals surface area contributed by atoms with E-state index < -0.39 is 18.3 Å². The molecule has 27 heavy (non-hydrogen) atoms. The number of carbonyl (C=O) groups is 1. The lowest BCUT2D eigenvalue weighted by atomic mass is 10.0. The molecule has 0 aromatic heterocycles. The Morgan fingerprint density at radius 2 is 2.04 bits per heavy atom. The van der Waals surface area contributed by atoms with Gasteiger partial charge in [0.25, 0.3) is 0 Å². The van der Waals surface area contributed by atoms with E-state index in [9.17, 15) is 15.0 Å². The highest BCUT2D eigenvalue weighted by Gasteiger charge is 2.46. The summed E-state index contributed by atoms with van der Waals surface area (Å²) < 4.78 is 5.82. The normalized spacial score (nSPS) is 29.6. The second kappa shape index (κ2) is 9.18. The summed E-state index contributed by atoms with van der Waals surface area (Å²) in [5.74, 6) is 0. The molecule has 4 N–H and O–H groups in total. The fraction of sp³-hybridized carbons (Fsp3) is 0.611. The van der Waals surface area contributed by atoms with Gasteiger partial charge in [-0.1, -0.05) is 17.7 Å². The van der Waals surface area contributed by atoms with Crippen LogP contribution in [0.3, 0.4) is 0 Å². The SMILES string of the molecule is CN1CCN([C@@H]2[C@H](O)[C@H](CO)O[C@@H]2CNC(=O)Nc2cccc(Cl)c2)CC1. The number of ether oxygens (including phenoxy) is 1. The van der Waals surface area contributed by atoms with Gasteiger partial charge in [-0.05, 0) is 25.2 Å². The van der Waals surface area contributed by atoms with Crippen molar-refractivity contribution in [2.75, 3.05) is 51.7 Å². The molecule has 2 aliphatic rings. The van der Waals surface area contributed by atoms with Crippen LogP contribution in [0, 0.1) is 0 Å². The quantitative estimate of drug-likeness (QED) is 0.565. The van der Waals surface area contributed by atoms with E-state index in [1.807, 2.05) is 0 Å². The van der Waals surface area contributed by atoms with E-state index in [0.717, 1.165) is 26.2 Å². The van der Waals surface area contributed by atoms with Crippen LogP contribution in [-0.2, 0) is 4.74 Å². The first-order chi connectivity index (χ1) is 13.0. The van der Waals surface area contributed by atoms with Crippen LogP contribution in [0.2, 0.25) is 5.02 Å². The number of aliphatic hydroxyl groups is 2. The minimum absolute atomic E-state index is 0.233. The zero-order valence-corrected chi connectivity index (χ0v) is 16.1. The Morgan fingerprint density at radius 3 is 2.70 bits per heavy atom. The molecule has 2 aliphatic heterocycles. The molecule has 2 heterocycles. The highest BCUT2D eigenvalue weighted by atomic mass is 35.5. The van der Waals surface area contributed by atoms with Crippen LogP contribution in [0.1, 0.15) is 0 Å². The van der Waals surface area contributed by atoms with Crippen molar-refractivity contribution >= 4 is 23.3 Å². The van der Waals surface area contributed by atoms with Crippen molar-refractivity contribution in [3.63, 3.8) is 0 Å². The first-order valence-corrected chi connectivity index (χ1v) is 9.53. The van der Waals surface area contributed by atoms with Crippen LogP contribution in [-0.4, -0.2) is 96.8 Å². The van der Waals surface area contributed by atoms with Crippen molar-refractivity contribution in [2.45, 2.75) is 24.4 Å². The summed E-state index contributed by atoms with van der Waals surface area (Å²) in [6.07, 6.45) is -1.83. The second-order valence-corrected chi connectivity index (χ2v) is 7.50. The van der Waals surface area contributed by atoms with Gasteiger partial charge in [0.05, 0.1) is 18.8 Å². The van der Waals surface area contributed by atoms with Gasteiger partial charge in [-0.15, -0.1) is 0 Å². The van der Waals surface area contributed by atoms with Gasteiger partial charge in [-0.3, -0.25) is 4.90 Å². The van der Waals surface area contributed by atoms with Gasteiger partial charge in [0.1, 0.15) is 12.2 Å². The molecule has 8 nitrogen and oxygen atoms in total. The zero-order valence-electron chi connectivity index (χ0n) is 15.3. The standard InChI is InChI=1S/C18H27ClN4O4/c1-22-5-7-23(8-6-22)16-14(27-15(11-24)17(16)25)10-20-18(26)21-13-4-2-3-12(19)9-13/h2-4,9,14-17,24-25H,5-8,10-11H2,1H3,(H2,20,21,26)/t14-,15+,16+,17-/m1/s1. The van der Waals surface area contributed by atoms with Crippen molar-refractivity contribution in [2.24, 2.45) is 0 Å². The number of carbonyl (C=O) groups excluding carboxylic acids is 1. The minimum Gasteiger partial charge on any atom is -0.394 e. The molecule has 0 saturated carbocycles. The number of halogens is 1. The summed E-state index contributed by atoms with van der Waals surface area (Å²) in [6.45, 7) is 3.41. The maximum Gasteiger partial charge on any atom is 0.319 e. The number of likely N-dealkylation sites (N-methyl/N-ethyl adjacent to an activating group) is 1. The van der Waals surface area contributed by atoms with Crippen LogP contribution in [0.5, 0.6) is 0 Å². The predicted octanol–water partition coefficient (Wildman–Crippen LogP) is 0.198. The maximum absolute atomic E-state index is 12.2. The Balaban J connectivity index is 1.58. The number of aliphatic hydroxyl groups excluding tert-OH is 2. The first kappa shape index (κ1) is 20.3. The Hall–Kier alpha value is -1.42. The third-order valence-electron chi connectivity index (χ3n) is 5.15. The van der Waals surface area contributed by atoms with Gasteiger partial charge in [-0.25, -0.2) is 4.79 Å². The zero-order chi connectivity index (χ0) is 19.4. The maximum atomic E-state index is 12.2. The average molecular weight is 399 g/mol. The van der Waals surface area contributed by atoms with Gasteiger partial charge in [0.2, 0.25) is 0 Å². The van der Waals surface area contributed by atoms with Crippen molar-refractivity contribution in [3.05, 3.63) is 29.3 Å². The van der Waals surface area contributed by atoms with Crippen LogP contribution < -0.4 is 10.6 Å². The molecule has 2 saturated heterocycles. The van der Waals surface area contributed by atoms with E-state index >= 15 is 0 Å². The van der Waals surface area contributed by atoms with E-state index in [4.69, 9.17) is 16.3 Å². The van der Waals surface area contributed by atoms with E-state index in [1.54, 1.807) is 24.3 Å². The summed E-state index contributed by atoms with van der Waals surface area (Å²) >= 11 is 5.92. The highest BCUT2D eigenvalue weighted by Crippen LogP contribution is 2.26. The predicted molar refractivity (Wildman–Crippen MR) is 103 cm³/mol. The number of urea groups is 1. The van der Waals surface area contributed by atoms with Crippen molar-refractivity contribution in [1.29, 1.82) is 0 Å². The molecule has 4 atom stereocenters. The highest BCUT2D eigenvalue weighted by molar-refractivity contribution is 6.30. The number of nitrogens with one attached hydrogen (secondary N) is 2. The van der Waals surface area contributed by atoms with Crippen LogP contribution >= 0.6 is 11.6 Å². The molecule has 0 unspecified atom stereocenters. The van der Waals surface area contributed by atoms with Crippen molar-refractivity contribution < 1.29 is 19.7 Å². The number of anilines is 1. The molecule has 0 aliphatic carbocycles. The summed E-state index contributed by atoms with van der Waals surface area (Å²) in [7, 11) is 2.06. The lowest BCUT2D eigenvalue weighted by Gasteiger charge is -2.39. The van der Waals surface area contributed by atoms with Gasteiger partial charge >= 0.3 is 6.03 Å². The van der Waals surface area contributed by atoms with E-state index in [2.05, 4.69) is 27.5 Å². The largest absolute Gasteiger partial charge is 0.394 e. The molecule has 1 aromatic carbocycles. The average Bonchev–Trinajstić information content (AvgIpc) is 2.96. The fourth-order valence-corrected chi connectivity index (χ4v) is 3.84. The third-order valence-corrected chi connectivity index (χ3v) is 5.38. The number of rotatable bonds is 5. The lowest BCUT2D eigenvalue weighted by Crippen LogP contribution is -2.57. The van der Waals surface area contributed by atoms with Gasteiger partial charge < -0.3 is 30.5 Å². The Bertz CT molecular complexity index is 642. The molecule has 0 bridgehead atoms. The lowest BCUT2D eigenvalue weighted by molar-refractivity contribution is -0.0205. The first-order valence-electron chi connectivity index (χ1n) is 9.15. The second-order valence-electron chi connectivity index (χ2n) is 7.06. The topological polar surface area (TPSA) is 97.3 Å². The Kier molecular flexibility index (Phi) is 6.91. The van der Waals surface area contributed by atoms with Crippen molar-refractivity contribution in [1.82, 2.24) is 15.1 Å². The molecule has 1 aromatic rings. The number of hydrogen-bond acceptors (Lipinski definition) is 6. The molecule has 150 valence electrons. The molecule has 0 radical (unpaired) electrons. The summed E-state index contributed by atoms with van der Waals surface area (Å²) in [4.78, 5) is 16.6. The number of nitrogens with zero attached hydrogens (tertiary/aromatic N) is 2. The Morgan fingerprint density at radius 1 is 1.30 bits per heavy atom. The minimum atomic E-state index is -0.791. The third kappa shape index (κ3) is 5.10. The monoisotopic (exact) mass is 398 g/mol. The van der Waals surface area contributed by atoms with E-state index in [1.165, 1.54) is 0 Å². The summed E-state index contributed by atoms with van der Waals surface area (Å²) in [5.41, 5.74) is 0.594. The molecule has 0 spiro atoms. The van der Waals surface area contributed by atoms with E-state index in [-0.39, 0.29) is 25.2 Å². The molecule has 9 heteroatoms.